The first-order chi connectivity index (χ1) is 12.8. The largest absolute Gasteiger partial charge is 0.495 e. The van der Waals surface area contributed by atoms with Gasteiger partial charge in [0.25, 0.3) is 0 Å². The maximum Gasteiger partial charge on any atom is 0.210 e. The summed E-state index contributed by atoms with van der Waals surface area (Å²) in [6.07, 6.45) is 2.10. The van der Waals surface area contributed by atoms with Crippen molar-refractivity contribution in [3.8, 4) is 5.75 Å². The number of ether oxygens (including phenoxy) is 1. The highest BCUT2D eigenvalue weighted by Crippen LogP contribution is 2.33. The van der Waals surface area contributed by atoms with Crippen molar-refractivity contribution in [2.45, 2.75) is 35.6 Å². The van der Waals surface area contributed by atoms with Crippen LogP contribution < -0.4 is 10.1 Å². The Morgan fingerprint density at radius 2 is 1.85 bits per heavy atom. The molecule has 0 saturated carbocycles. The zero-order chi connectivity index (χ0) is 19.6. The van der Waals surface area contributed by atoms with E-state index in [1.165, 1.54) is 7.11 Å². The molecule has 0 amide bonds. The highest BCUT2D eigenvalue weighted by atomic mass is 79.9. The van der Waals surface area contributed by atoms with Gasteiger partial charge in [0.05, 0.1) is 12.0 Å². The lowest BCUT2D eigenvalue weighted by Crippen LogP contribution is -2.36. The van der Waals surface area contributed by atoms with Crippen molar-refractivity contribution in [3.63, 3.8) is 0 Å². The molecule has 0 atom stereocenters. The first-order valence-electron chi connectivity index (χ1n) is 8.95. The van der Waals surface area contributed by atoms with Crippen LogP contribution in [0.5, 0.6) is 5.75 Å². The molecule has 1 fully saturated rings. The molecule has 7 heteroatoms. The second kappa shape index (κ2) is 8.20. The molecule has 0 spiro atoms. The number of benzene rings is 2. The van der Waals surface area contributed by atoms with E-state index in [-0.39, 0.29) is 9.79 Å². The fourth-order valence-electron chi connectivity index (χ4n) is 3.28. The zero-order valence-corrected chi connectivity index (χ0v) is 18.2. The molecule has 0 bridgehead atoms. The average Bonchev–Trinajstić information content (AvgIpc) is 2.65. The molecule has 27 heavy (non-hydrogen) atoms. The summed E-state index contributed by atoms with van der Waals surface area (Å²) in [6.45, 7) is 4.08. The molecule has 3 rings (SSSR count). The Morgan fingerprint density at radius 3 is 2.52 bits per heavy atom. The van der Waals surface area contributed by atoms with Gasteiger partial charge in [0.1, 0.15) is 10.6 Å². The predicted molar refractivity (Wildman–Crippen MR) is 111 cm³/mol. The van der Waals surface area contributed by atoms with Crippen LogP contribution in [0.4, 0.5) is 5.69 Å². The number of nitrogens with one attached hydrogen (secondary N) is 1. The minimum atomic E-state index is -3.70. The molecular formula is C20H25BrN2O3S. The Kier molecular flexibility index (Phi) is 6.13. The topological polar surface area (TPSA) is 58.6 Å². The number of rotatable bonds is 5. The lowest BCUT2D eigenvalue weighted by Gasteiger charge is -2.30. The summed E-state index contributed by atoms with van der Waals surface area (Å²) in [5.74, 6) is 0.337. The van der Waals surface area contributed by atoms with Crippen molar-refractivity contribution in [2.24, 2.45) is 0 Å². The van der Waals surface area contributed by atoms with Crippen LogP contribution in [0.1, 0.15) is 18.4 Å². The maximum atomic E-state index is 13.2. The van der Waals surface area contributed by atoms with E-state index >= 15 is 0 Å². The van der Waals surface area contributed by atoms with Gasteiger partial charge in [-0.25, -0.2) is 8.42 Å². The van der Waals surface area contributed by atoms with Crippen molar-refractivity contribution in [1.29, 1.82) is 0 Å². The molecule has 1 saturated heterocycles. The molecule has 0 radical (unpaired) electrons. The maximum absolute atomic E-state index is 13.2. The molecule has 1 aliphatic heterocycles. The summed E-state index contributed by atoms with van der Waals surface area (Å²) >= 11 is 3.35. The van der Waals surface area contributed by atoms with Gasteiger partial charge in [-0.1, -0.05) is 22.0 Å². The number of nitrogens with zero attached hydrogens (tertiary/aromatic N) is 1. The van der Waals surface area contributed by atoms with E-state index in [4.69, 9.17) is 4.74 Å². The van der Waals surface area contributed by atoms with Gasteiger partial charge in [0.2, 0.25) is 9.84 Å². The number of anilines is 1. The van der Waals surface area contributed by atoms with Gasteiger partial charge in [-0.05, 0) is 75.8 Å². The van der Waals surface area contributed by atoms with Gasteiger partial charge in [-0.15, -0.1) is 0 Å². The number of likely N-dealkylation sites (tertiary alicyclic amines) is 1. The van der Waals surface area contributed by atoms with Crippen LogP contribution in [-0.2, 0) is 9.84 Å². The van der Waals surface area contributed by atoms with Crippen LogP contribution in [0, 0.1) is 6.92 Å². The van der Waals surface area contributed by atoms with Gasteiger partial charge < -0.3 is 15.0 Å². The molecule has 1 N–H and O–H groups in total. The molecular weight excluding hydrogens is 428 g/mol. The molecule has 1 heterocycles. The Bertz CT molecular complexity index is 923. The predicted octanol–water partition coefficient (Wildman–Crippen LogP) is 4.11. The van der Waals surface area contributed by atoms with E-state index < -0.39 is 9.84 Å². The van der Waals surface area contributed by atoms with E-state index in [0.717, 1.165) is 37.2 Å². The number of hydrogen-bond donors (Lipinski definition) is 1. The van der Waals surface area contributed by atoms with Gasteiger partial charge in [-0.3, -0.25) is 0 Å². The third-order valence-electron chi connectivity index (χ3n) is 5.01. The fraction of sp³-hybridized carbons (Fsp3) is 0.400. The van der Waals surface area contributed by atoms with Crippen LogP contribution >= 0.6 is 15.9 Å². The zero-order valence-electron chi connectivity index (χ0n) is 15.8. The summed E-state index contributed by atoms with van der Waals surface area (Å²) in [7, 11) is -0.0946. The first-order valence-corrected chi connectivity index (χ1v) is 11.2. The van der Waals surface area contributed by atoms with Crippen molar-refractivity contribution in [3.05, 3.63) is 46.4 Å². The van der Waals surface area contributed by atoms with Crippen molar-refractivity contribution in [1.82, 2.24) is 4.90 Å². The summed E-state index contributed by atoms with van der Waals surface area (Å²) in [6, 6.07) is 10.6. The quantitative estimate of drug-likeness (QED) is 0.739. The molecule has 2 aromatic rings. The lowest BCUT2D eigenvalue weighted by atomic mass is 10.0. The van der Waals surface area contributed by atoms with E-state index in [1.54, 1.807) is 30.3 Å². The number of methoxy groups -OCH3 is 1. The molecule has 2 aromatic carbocycles. The Morgan fingerprint density at radius 1 is 1.15 bits per heavy atom. The van der Waals surface area contributed by atoms with Crippen molar-refractivity contribution >= 4 is 31.5 Å². The summed E-state index contributed by atoms with van der Waals surface area (Å²) in [5.41, 5.74) is 1.91. The third kappa shape index (κ3) is 4.47. The van der Waals surface area contributed by atoms with E-state index in [0.29, 0.717) is 16.3 Å². The van der Waals surface area contributed by atoms with Gasteiger partial charge in [0, 0.05) is 16.2 Å². The monoisotopic (exact) mass is 452 g/mol. The molecule has 0 unspecified atom stereocenters. The smallest absolute Gasteiger partial charge is 0.210 e. The molecule has 0 aromatic heterocycles. The number of sulfone groups is 1. The van der Waals surface area contributed by atoms with Gasteiger partial charge >= 0.3 is 0 Å². The minimum absolute atomic E-state index is 0.161. The van der Waals surface area contributed by atoms with Crippen LogP contribution in [0.15, 0.2) is 50.7 Å². The van der Waals surface area contributed by atoms with Crippen LogP contribution in [-0.4, -0.2) is 46.6 Å². The molecule has 1 aliphatic rings. The summed E-state index contributed by atoms with van der Waals surface area (Å²) in [5, 5.41) is 3.54. The fourth-order valence-corrected chi connectivity index (χ4v) is 5.27. The van der Waals surface area contributed by atoms with Crippen molar-refractivity contribution < 1.29 is 13.2 Å². The van der Waals surface area contributed by atoms with E-state index in [1.807, 2.05) is 13.0 Å². The Hall–Kier alpha value is -1.57. The van der Waals surface area contributed by atoms with Crippen LogP contribution in [0.2, 0.25) is 0 Å². The Balaban J connectivity index is 1.94. The second-order valence-electron chi connectivity index (χ2n) is 7.00. The van der Waals surface area contributed by atoms with Crippen LogP contribution in [0.25, 0.3) is 0 Å². The Labute approximate surface area is 169 Å². The summed E-state index contributed by atoms with van der Waals surface area (Å²) in [4.78, 5) is 2.74. The summed E-state index contributed by atoms with van der Waals surface area (Å²) < 4.78 is 32.4. The number of halogens is 1. The first kappa shape index (κ1) is 20.2. The molecule has 146 valence electrons. The number of hydrogen-bond acceptors (Lipinski definition) is 5. The van der Waals surface area contributed by atoms with Crippen molar-refractivity contribution in [2.75, 3.05) is 32.6 Å². The SMILES string of the molecule is COc1ccc(Br)cc1S(=O)(=O)c1ccc(C)c(NC2CCN(C)CC2)c1. The number of piperidine rings is 1. The van der Waals surface area contributed by atoms with Gasteiger partial charge in [-0.2, -0.15) is 0 Å². The van der Waals surface area contributed by atoms with Gasteiger partial charge in [0.15, 0.2) is 0 Å². The normalized spacial score (nSPS) is 16.3. The lowest BCUT2D eigenvalue weighted by molar-refractivity contribution is 0.264. The highest BCUT2D eigenvalue weighted by molar-refractivity contribution is 9.10. The second-order valence-corrected chi connectivity index (χ2v) is 9.83. The number of aryl methyl sites for hydroxylation is 1. The molecule has 0 aliphatic carbocycles. The van der Waals surface area contributed by atoms with Crippen LogP contribution in [0.3, 0.4) is 0 Å². The highest BCUT2D eigenvalue weighted by Gasteiger charge is 2.24. The van der Waals surface area contributed by atoms with E-state index in [9.17, 15) is 8.42 Å². The van der Waals surface area contributed by atoms with E-state index in [2.05, 4.69) is 33.2 Å². The average molecular weight is 453 g/mol. The third-order valence-corrected chi connectivity index (χ3v) is 7.28. The minimum Gasteiger partial charge on any atom is -0.495 e. The standard InChI is InChI=1S/C20H25BrN2O3S/c1-14-4-6-17(13-18(14)22-16-8-10-23(2)11-9-16)27(24,25)20-12-15(21)5-7-19(20)26-3/h4-7,12-13,16,22H,8-11H2,1-3H3. The molecule has 5 nitrogen and oxygen atoms in total.